The van der Waals surface area contributed by atoms with Crippen molar-refractivity contribution in [2.45, 2.75) is 26.2 Å². The topological polar surface area (TPSA) is 67.2 Å². The number of nitrogens with zero attached hydrogens (tertiary/aromatic N) is 1. The molecule has 1 amide bonds. The number of aromatic nitrogens is 1. The van der Waals surface area contributed by atoms with Gasteiger partial charge in [0.2, 0.25) is 5.91 Å². The lowest BCUT2D eigenvalue weighted by atomic mass is 9.85. The Bertz CT molecular complexity index is 345. The van der Waals surface area contributed by atoms with E-state index in [1.165, 1.54) is 19.1 Å². The van der Waals surface area contributed by atoms with Crippen molar-refractivity contribution in [3.8, 4) is 0 Å². The zero-order chi connectivity index (χ0) is 12.1. The van der Waals surface area contributed by atoms with Crippen LogP contribution in [-0.2, 0) is 4.79 Å². The quantitative estimate of drug-likeness (QED) is 0.835. The van der Waals surface area contributed by atoms with Crippen LogP contribution in [0.2, 0.25) is 0 Å². The first-order valence-electron chi connectivity index (χ1n) is 6.16. The Hall–Kier alpha value is -1.36. The van der Waals surface area contributed by atoms with Gasteiger partial charge in [-0.1, -0.05) is 12.1 Å². The van der Waals surface area contributed by atoms with E-state index < -0.39 is 0 Å². The molecule has 1 aromatic heterocycles. The van der Waals surface area contributed by atoms with Crippen LogP contribution in [0, 0.1) is 11.8 Å². The van der Waals surface area contributed by atoms with E-state index in [-0.39, 0.29) is 5.91 Å². The van der Waals surface area contributed by atoms with Gasteiger partial charge in [-0.2, -0.15) is 0 Å². The molecule has 2 unspecified atom stereocenters. The smallest absolute Gasteiger partial charge is 0.225 e. The number of hydrogen-bond acceptors (Lipinski definition) is 4. The Kier molecular flexibility index (Phi) is 4.14. The summed E-state index contributed by atoms with van der Waals surface area (Å²) < 4.78 is 4.66. The van der Waals surface area contributed by atoms with Crippen molar-refractivity contribution in [3.63, 3.8) is 0 Å². The Morgan fingerprint density at radius 3 is 3.29 bits per heavy atom. The summed E-state index contributed by atoms with van der Waals surface area (Å²) in [5.74, 6) is 1.50. The molecule has 2 heterocycles. The molecular weight excluding hydrogens is 218 g/mol. The zero-order valence-corrected chi connectivity index (χ0v) is 10.1. The molecule has 94 valence electrons. The molecule has 0 aliphatic carbocycles. The van der Waals surface area contributed by atoms with Crippen LogP contribution in [-0.4, -0.2) is 24.2 Å². The van der Waals surface area contributed by atoms with E-state index in [9.17, 15) is 4.79 Å². The van der Waals surface area contributed by atoms with Crippen LogP contribution >= 0.6 is 0 Å². The average Bonchev–Trinajstić information content (AvgIpc) is 2.82. The van der Waals surface area contributed by atoms with Gasteiger partial charge in [-0.25, -0.2) is 0 Å². The van der Waals surface area contributed by atoms with Crippen molar-refractivity contribution >= 4 is 11.7 Å². The number of anilines is 1. The van der Waals surface area contributed by atoms with Crippen LogP contribution in [0.4, 0.5) is 5.82 Å². The first kappa shape index (κ1) is 12.1. The average molecular weight is 237 g/mol. The molecule has 2 atom stereocenters. The SMILES string of the molecule is CC(CC(=O)Nc1ccon1)C1CCCNC1. The molecule has 17 heavy (non-hydrogen) atoms. The molecule has 0 saturated carbocycles. The number of amides is 1. The highest BCUT2D eigenvalue weighted by Gasteiger charge is 2.22. The second-order valence-electron chi connectivity index (χ2n) is 4.72. The molecule has 1 saturated heterocycles. The third-order valence-corrected chi connectivity index (χ3v) is 3.35. The lowest BCUT2D eigenvalue weighted by Crippen LogP contribution is -2.34. The zero-order valence-electron chi connectivity index (χ0n) is 10.1. The predicted molar refractivity (Wildman–Crippen MR) is 64.5 cm³/mol. The van der Waals surface area contributed by atoms with Crippen molar-refractivity contribution < 1.29 is 9.32 Å². The fourth-order valence-electron chi connectivity index (χ4n) is 2.29. The van der Waals surface area contributed by atoms with Crippen LogP contribution in [0.3, 0.4) is 0 Å². The van der Waals surface area contributed by atoms with E-state index in [0.29, 0.717) is 24.1 Å². The molecule has 2 rings (SSSR count). The number of hydrogen-bond donors (Lipinski definition) is 2. The molecule has 5 heteroatoms. The summed E-state index contributed by atoms with van der Waals surface area (Å²) >= 11 is 0. The van der Waals surface area contributed by atoms with Crippen LogP contribution < -0.4 is 10.6 Å². The van der Waals surface area contributed by atoms with Crippen molar-refractivity contribution in [3.05, 3.63) is 12.3 Å². The molecule has 1 aliphatic heterocycles. The second kappa shape index (κ2) is 5.82. The summed E-state index contributed by atoms with van der Waals surface area (Å²) in [4.78, 5) is 11.8. The van der Waals surface area contributed by atoms with E-state index in [1.54, 1.807) is 6.07 Å². The lowest BCUT2D eigenvalue weighted by molar-refractivity contribution is -0.117. The van der Waals surface area contributed by atoms with Gasteiger partial charge in [0.05, 0.1) is 0 Å². The fraction of sp³-hybridized carbons (Fsp3) is 0.667. The van der Waals surface area contributed by atoms with Gasteiger partial charge in [0.25, 0.3) is 0 Å². The number of piperidine rings is 1. The van der Waals surface area contributed by atoms with Gasteiger partial charge in [-0.05, 0) is 37.8 Å². The number of carbonyl (C=O) groups is 1. The Morgan fingerprint density at radius 1 is 1.76 bits per heavy atom. The molecule has 1 fully saturated rings. The summed E-state index contributed by atoms with van der Waals surface area (Å²) in [6.07, 6.45) is 4.41. The maximum atomic E-state index is 11.8. The molecule has 2 N–H and O–H groups in total. The first-order chi connectivity index (χ1) is 8.25. The molecule has 1 aliphatic rings. The van der Waals surface area contributed by atoms with Crippen LogP contribution in [0.5, 0.6) is 0 Å². The molecule has 0 bridgehead atoms. The van der Waals surface area contributed by atoms with Gasteiger partial charge in [0.15, 0.2) is 5.82 Å². The van der Waals surface area contributed by atoms with Gasteiger partial charge < -0.3 is 15.2 Å². The van der Waals surface area contributed by atoms with Crippen molar-refractivity contribution in [2.24, 2.45) is 11.8 Å². The van der Waals surface area contributed by atoms with Gasteiger partial charge in [0, 0.05) is 12.5 Å². The number of carbonyl (C=O) groups excluding carboxylic acids is 1. The summed E-state index contributed by atoms with van der Waals surface area (Å²) in [5.41, 5.74) is 0. The minimum Gasteiger partial charge on any atom is -0.363 e. The fourth-order valence-corrected chi connectivity index (χ4v) is 2.29. The maximum absolute atomic E-state index is 11.8. The van der Waals surface area contributed by atoms with Crippen LogP contribution in [0.15, 0.2) is 16.9 Å². The Labute approximate surface area is 101 Å². The molecular formula is C12H19N3O2. The summed E-state index contributed by atoms with van der Waals surface area (Å²) in [6.45, 7) is 4.27. The largest absolute Gasteiger partial charge is 0.363 e. The molecule has 0 radical (unpaired) electrons. The van der Waals surface area contributed by atoms with E-state index >= 15 is 0 Å². The van der Waals surface area contributed by atoms with Gasteiger partial charge in [0.1, 0.15) is 6.26 Å². The predicted octanol–water partition coefficient (Wildman–Crippen LogP) is 1.64. The van der Waals surface area contributed by atoms with Gasteiger partial charge >= 0.3 is 0 Å². The summed E-state index contributed by atoms with van der Waals surface area (Å²) in [6, 6.07) is 1.64. The maximum Gasteiger partial charge on any atom is 0.225 e. The molecule has 0 spiro atoms. The van der Waals surface area contributed by atoms with E-state index in [1.807, 2.05) is 0 Å². The van der Waals surface area contributed by atoms with E-state index in [2.05, 4.69) is 27.2 Å². The monoisotopic (exact) mass is 237 g/mol. The van der Waals surface area contributed by atoms with Gasteiger partial charge in [-0.3, -0.25) is 4.79 Å². The second-order valence-corrected chi connectivity index (χ2v) is 4.72. The number of rotatable bonds is 4. The highest BCUT2D eigenvalue weighted by Crippen LogP contribution is 2.22. The Morgan fingerprint density at radius 2 is 2.65 bits per heavy atom. The van der Waals surface area contributed by atoms with Crippen molar-refractivity contribution in [2.75, 3.05) is 18.4 Å². The standard InChI is InChI=1S/C12H19N3O2/c1-9(10-3-2-5-13-8-10)7-12(16)14-11-4-6-17-15-11/h4,6,9-10,13H,2-3,5,7-8H2,1H3,(H,14,15,16). The van der Waals surface area contributed by atoms with Crippen molar-refractivity contribution in [1.29, 1.82) is 0 Å². The minimum atomic E-state index is 0.0111. The minimum absolute atomic E-state index is 0.0111. The van der Waals surface area contributed by atoms with Crippen LogP contribution in [0.1, 0.15) is 26.2 Å². The van der Waals surface area contributed by atoms with Gasteiger partial charge in [-0.15, -0.1) is 0 Å². The van der Waals surface area contributed by atoms with Crippen LogP contribution in [0.25, 0.3) is 0 Å². The van der Waals surface area contributed by atoms with Crippen molar-refractivity contribution in [1.82, 2.24) is 10.5 Å². The first-order valence-corrected chi connectivity index (χ1v) is 6.16. The molecule has 5 nitrogen and oxygen atoms in total. The lowest BCUT2D eigenvalue weighted by Gasteiger charge is -2.27. The third kappa shape index (κ3) is 3.56. The Balaban J connectivity index is 1.77. The summed E-state index contributed by atoms with van der Waals surface area (Å²) in [5, 5.41) is 9.76. The normalized spacial score (nSPS) is 22.1. The highest BCUT2D eigenvalue weighted by molar-refractivity contribution is 5.89. The molecule has 1 aromatic rings. The third-order valence-electron chi connectivity index (χ3n) is 3.35. The summed E-state index contributed by atoms with van der Waals surface area (Å²) in [7, 11) is 0. The molecule has 0 aromatic carbocycles. The number of nitrogens with one attached hydrogen (secondary N) is 2. The van der Waals surface area contributed by atoms with E-state index in [4.69, 9.17) is 0 Å². The van der Waals surface area contributed by atoms with E-state index in [0.717, 1.165) is 13.1 Å². The highest BCUT2D eigenvalue weighted by atomic mass is 16.5.